The third kappa shape index (κ3) is 5.76. The molecule has 1 atom stereocenters. The van der Waals surface area contributed by atoms with Crippen LogP contribution in [0.5, 0.6) is 0 Å². The SMILES string of the molecule is CC(NC(=O)C1CCC(NS(=O)(=O)c2ccc3cc(-c4ccccc4)[nH]c3c2)CC1)c1ccc(F)cc1. The van der Waals surface area contributed by atoms with Crippen LogP contribution >= 0.6 is 0 Å². The largest absolute Gasteiger partial charge is 0.354 e. The van der Waals surface area contributed by atoms with Crippen molar-refractivity contribution in [1.29, 1.82) is 0 Å². The van der Waals surface area contributed by atoms with Gasteiger partial charge >= 0.3 is 0 Å². The first-order valence-corrected chi connectivity index (χ1v) is 14.0. The molecule has 1 unspecified atom stereocenters. The normalized spacial score (nSPS) is 19.0. The van der Waals surface area contributed by atoms with Gasteiger partial charge in [0.1, 0.15) is 5.82 Å². The molecule has 1 amide bonds. The zero-order valence-corrected chi connectivity index (χ0v) is 21.4. The van der Waals surface area contributed by atoms with E-state index in [2.05, 4.69) is 15.0 Å². The van der Waals surface area contributed by atoms with Crippen LogP contribution in [-0.2, 0) is 14.8 Å². The fourth-order valence-corrected chi connectivity index (χ4v) is 6.30. The van der Waals surface area contributed by atoms with Crippen molar-refractivity contribution in [2.75, 3.05) is 0 Å². The van der Waals surface area contributed by atoms with Crippen LogP contribution in [0, 0.1) is 11.7 Å². The number of carbonyl (C=O) groups excluding carboxylic acids is 1. The Balaban J connectivity index is 1.19. The first kappa shape index (κ1) is 25.2. The summed E-state index contributed by atoms with van der Waals surface area (Å²) in [6.07, 6.45) is 2.38. The third-order valence-corrected chi connectivity index (χ3v) is 8.66. The Morgan fingerprint density at radius 3 is 2.35 bits per heavy atom. The molecule has 0 aliphatic heterocycles. The number of hydrogen-bond acceptors (Lipinski definition) is 3. The Kier molecular flexibility index (Phi) is 7.13. The summed E-state index contributed by atoms with van der Waals surface area (Å²) >= 11 is 0. The maximum absolute atomic E-state index is 13.2. The van der Waals surface area contributed by atoms with Gasteiger partial charge in [0, 0.05) is 28.6 Å². The molecule has 0 radical (unpaired) electrons. The molecule has 192 valence electrons. The fourth-order valence-electron chi connectivity index (χ4n) is 4.97. The van der Waals surface area contributed by atoms with Crippen LogP contribution in [0.15, 0.2) is 83.8 Å². The van der Waals surface area contributed by atoms with Gasteiger partial charge in [0.05, 0.1) is 10.9 Å². The highest BCUT2D eigenvalue weighted by Crippen LogP contribution is 2.29. The van der Waals surface area contributed by atoms with Crippen molar-refractivity contribution in [2.24, 2.45) is 5.92 Å². The molecule has 5 rings (SSSR count). The molecule has 6 nitrogen and oxygen atoms in total. The van der Waals surface area contributed by atoms with Crippen molar-refractivity contribution in [1.82, 2.24) is 15.0 Å². The van der Waals surface area contributed by atoms with Gasteiger partial charge in [-0.05, 0) is 74.1 Å². The van der Waals surface area contributed by atoms with Gasteiger partial charge < -0.3 is 10.3 Å². The smallest absolute Gasteiger partial charge is 0.240 e. The topological polar surface area (TPSA) is 91.1 Å². The van der Waals surface area contributed by atoms with Crippen molar-refractivity contribution >= 4 is 26.8 Å². The van der Waals surface area contributed by atoms with E-state index in [0.717, 1.165) is 27.7 Å². The van der Waals surface area contributed by atoms with Crippen LogP contribution in [0.3, 0.4) is 0 Å². The minimum Gasteiger partial charge on any atom is -0.354 e. The van der Waals surface area contributed by atoms with Crippen LogP contribution in [0.2, 0.25) is 0 Å². The summed E-state index contributed by atoms with van der Waals surface area (Å²) in [5.74, 6) is -0.535. The van der Waals surface area contributed by atoms with Crippen LogP contribution in [0.25, 0.3) is 22.2 Å². The van der Waals surface area contributed by atoms with Crippen molar-refractivity contribution in [2.45, 2.75) is 49.6 Å². The molecule has 4 aromatic rings. The lowest BCUT2D eigenvalue weighted by Gasteiger charge is -2.29. The maximum Gasteiger partial charge on any atom is 0.240 e. The van der Waals surface area contributed by atoms with Gasteiger partial charge in [0.15, 0.2) is 0 Å². The predicted molar refractivity (Wildman–Crippen MR) is 143 cm³/mol. The number of aromatic amines is 1. The highest BCUT2D eigenvalue weighted by Gasteiger charge is 2.30. The summed E-state index contributed by atoms with van der Waals surface area (Å²) in [5.41, 5.74) is 3.57. The third-order valence-electron chi connectivity index (χ3n) is 7.14. The number of fused-ring (bicyclic) bond motifs is 1. The number of carbonyl (C=O) groups is 1. The van der Waals surface area contributed by atoms with Gasteiger partial charge in [-0.3, -0.25) is 4.79 Å². The lowest BCUT2D eigenvalue weighted by molar-refractivity contribution is -0.126. The van der Waals surface area contributed by atoms with Crippen molar-refractivity contribution in [3.63, 3.8) is 0 Å². The standard InChI is InChI=1S/C29H30FN3O3S/c1-19(20-7-12-24(30)13-8-20)31-29(34)22-9-14-25(15-10-22)33-37(35,36)26-16-11-23-17-27(32-28(23)18-26)21-5-3-2-4-6-21/h2-8,11-13,16-19,22,25,32-33H,9-10,14-15H2,1H3,(H,31,34). The molecule has 8 heteroatoms. The number of nitrogens with one attached hydrogen (secondary N) is 3. The summed E-state index contributed by atoms with van der Waals surface area (Å²) in [7, 11) is -3.70. The van der Waals surface area contributed by atoms with Crippen LogP contribution in [0.1, 0.15) is 44.2 Å². The number of sulfonamides is 1. The monoisotopic (exact) mass is 519 g/mol. The van der Waals surface area contributed by atoms with E-state index in [-0.39, 0.29) is 34.6 Å². The van der Waals surface area contributed by atoms with Gasteiger partial charge in [0.25, 0.3) is 0 Å². The molecular formula is C29H30FN3O3S. The number of benzene rings is 3. The number of H-pyrrole nitrogens is 1. The van der Waals surface area contributed by atoms with Gasteiger partial charge in [0.2, 0.25) is 15.9 Å². The predicted octanol–water partition coefficient (Wildman–Crippen LogP) is 5.69. The summed E-state index contributed by atoms with van der Waals surface area (Å²) < 4.78 is 42.3. The first-order chi connectivity index (χ1) is 17.8. The Hall–Kier alpha value is -3.49. The van der Waals surface area contributed by atoms with Gasteiger partial charge in [-0.2, -0.15) is 0 Å². The maximum atomic E-state index is 13.2. The molecule has 1 heterocycles. The molecule has 1 fully saturated rings. The van der Waals surface area contributed by atoms with E-state index >= 15 is 0 Å². The van der Waals surface area contributed by atoms with E-state index < -0.39 is 10.0 Å². The summed E-state index contributed by atoms with van der Waals surface area (Å²) in [6, 6.07) is 22.7. The highest BCUT2D eigenvalue weighted by molar-refractivity contribution is 7.89. The fraction of sp³-hybridized carbons (Fsp3) is 0.276. The van der Waals surface area contributed by atoms with Gasteiger partial charge in [-0.25, -0.2) is 17.5 Å². The van der Waals surface area contributed by atoms with E-state index in [4.69, 9.17) is 0 Å². The zero-order valence-electron chi connectivity index (χ0n) is 20.6. The molecule has 0 spiro atoms. The highest BCUT2D eigenvalue weighted by atomic mass is 32.2. The van der Waals surface area contributed by atoms with E-state index in [0.29, 0.717) is 25.7 Å². The molecule has 1 saturated carbocycles. The Bertz CT molecular complexity index is 1490. The van der Waals surface area contributed by atoms with E-state index in [1.807, 2.05) is 49.4 Å². The van der Waals surface area contributed by atoms with Crippen LogP contribution < -0.4 is 10.0 Å². The van der Waals surface area contributed by atoms with E-state index in [9.17, 15) is 17.6 Å². The van der Waals surface area contributed by atoms with E-state index in [1.54, 1.807) is 24.3 Å². The average molecular weight is 520 g/mol. The molecule has 0 bridgehead atoms. The minimum atomic E-state index is -3.70. The van der Waals surface area contributed by atoms with Crippen molar-refractivity contribution in [3.8, 4) is 11.3 Å². The molecule has 1 aliphatic carbocycles. The Morgan fingerprint density at radius 2 is 1.65 bits per heavy atom. The summed E-state index contributed by atoms with van der Waals surface area (Å²) in [6.45, 7) is 1.87. The summed E-state index contributed by atoms with van der Waals surface area (Å²) in [4.78, 5) is 16.3. The number of hydrogen-bond donors (Lipinski definition) is 3. The van der Waals surface area contributed by atoms with E-state index in [1.165, 1.54) is 12.1 Å². The van der Waals surface area contributed by atoms with Crippen LogP contribution in [0.4, 0.5) is 4.39 Å². The lowest BCUT2D eigenvalue weighted by Crippen LogP contribution is -2.41. The molecule has 1 aromatic heterocycles. The number of aromatic nitrogens is 1. The van der Waals surface area contributed by atoms with Crippen LogP contribution in [-0.4, -0.2) is 25.4 Å². The van der Waals surface area contributed by atoms with Gasteiger partial charge in [-0.15, -0.1) is 0 Å². The molecule has 3 aromatic carbocycles. The molecule has 0 saturated heterocycles. The lowest BCUT2D eigenvalue weighted by atomic mass is 9.85. The van der Waals surface area contributed by atoms with Gasteiger partial charge in [-0.1, -0.05) is 48.5 Å². The summed E-state index contributed by atoms with van der Waals surface area (Å²) in [5, 5.41) is 3.95. The minimum absolute atomic E-state index is 0.0513. The Labute approximate surface area is 216 Å². The van der Waals surface area contributed by atoms with Crippen molar-refractivity contribution in [3.05, 3.63) is 90.2 Å². The molecule has 1 aliphatic rings. The number of halogens is 1. The number of amides is 1. The quantitative estimate of drug-likeness (QED) is 0.293. The molecule has 37 heavy (non-hydrogen) atoms. The second kappa shape index (κ2) is 10.5. The number of rotatable bonds is 7. The van der Waals surface area contributed by atoms with Crippen molar-refractivity contribution < 1.29 is 17.6 Å². The Morgan fingerprint density at radius 1 is 0.946 bits per heavy atom. The average Bonchev–Trinajstić information content (AvgIpc) is 3.33. The second-order valence-electron chi connectivity index (χ2n) is 9.75. The first-order valence-electron chi connectivity index (χ1n) is 12.5. The molecule has 3 N–H and O–H groups in total. The second-order valence-corrected chi connectivity index (χ2v) is 11.5. The zero-order chi connectivity index (χ0) is 26.0. The molecular weight excluding hydrogens is 489 g/mol.